The predicted octanol–water partition coefficient (Wildman–Crippen LogP) is 2.45. The summed E-state index contributed by atoms with van der Waals surface area (Å²) >= 11 is 1.19. The first kappa shape index (κ1) is 17.2. The Bertz CT molecular complexity index is 796. The summed E-state index contributed by atoms with van der Waals surface area (Å²) < 4.78 is 5.25. The fourth-order valence-electron chi connectivity index (χ4n) is 2.93. The average molecular weight is 358 g/mol. The van der Waals surface area contributed by atoms with Gasteiger partial charge in [-0.3, -0.25) is 14.4 Å². The van der Waals surface area contributed by atoms with Crippen molar-refractivity contribution in [2.24, 2.45) is 5.73 Å². The van der Waals surface area contributed by atoms with Crippen molar-refractivity contribution >= 4 is 34.1 Å². The van der Waals surface area contributed by atoms with Gasteiger partial charge in [-0.05, 0) is 29.9 Å². The molecule has 0 bridgehead atoms. The second-order valence-electron chi connectivity index (χ2n) is 5.95. The van der Waals surface area contributed by atoms with E-state index in [1.807, 2.05) is 30.3 Å². The Morgan fingerprint density at radius 1 is 1.16 bits per heavy atom. The quantitative estimate of drug-likeness (QED) is 0.775. The zero-order valence-electron chi connectivity index (χ0n) is 13.5. The number of thiophene rings is 1. The van der Waals surface area contributed by atoms with Crippen LogP contribution in [0.2, 0.25) is 0 Å². The van der Waals surface area contributed by atoms with Crippen molar-refractivity contribution < 1.29 is 19.1 Å². The topological polar surface area (TPSA) is 98.5 Å². The molecule has 25 heavy (non-hydrogen) atoms. The van der Waals surface area contributed by atoms with Crippen LogP contribution in [0.15, 0.2) is 41.8 Å². The van der Waals surface area contributed by atoms with E-state index in [4.69, 9.17) is 10.5 Å². The summed E-state index contributed by atoms with van der Waals surface area (Å²) in [7, 11) is 0. The maximum atomic E-state index is 12.6. The van der Waals surface area contributed by atoms with Gasteiger partial charge in [0, 0.05) is 0 Å². The van der Waals surface area contributed by atoms with Gasteiger partial charge < -0.3 is 15.8 Å². The molecule has 1 aromatic carbocycles. The summed E-state index contributed by atoms with van der Waals surface area (Å²) in [6.45, 7) is -0.399. The normalized spacial score (nSPS) is 15.0. The molecule has 7 heteroatoms. The van der Waals surface area contributed by atoms with Crippen LogP contribution < -0.4 is 11.1 Å². The molecule has 3 N–H and O–H groups in total. The maximum absolute atomic E-state index is 12.6. The van der Waals surface area contributed by atoms with Gasteiger partial charge in [0.2, 0.25) is 0 Å². The Morgan fingerprint density at radius 2 is 1.88 bits per heavy atom. The summed E-state index contributed by atoms with van der Waals surface area (Å²) in [6, 6.07) is 11.0. The molecule has 1 fully saturated rings. The van der Waals surface area contributed by atoms with Gasteiger partial charge in [0.25, 0.3) is 11.8 Å². The van der Waals surface area contributed by atoms with Gasteiger partial charge in [-0.15, -0.1) is 11.3 Å². The largest absolute Gasteiger partial charge is 0.455 e. The van der Waals surface area contributed by atoms with E-state index in [1.165, 1.54) is 17.4 Å². The van der Waals surface area contributed by atoms with Gasteiger partial charge in [-0.2, -0.15) is 0 Å². The highest BCUT2D eigenvalue weighted by Crippen LogP contribution is 2.44. The summed E-state index contributed by atoms with van der Waals surface area (Å²) in [5.74, 6) is -1.51. The molecule has 1 aromatic heterocycles. The molecule has 0 aliphatic heterocycles. The number of hydrogen-bond donors (Lipinski definition) is 2. The molecule has 130 valence electrons. The fourth-order valence-corrected chi connectivity index (χ4v) is 3.74. The molecule has 2 amide bonds. The van der Waals surface area contributed by atoms with E-state index in [1.54, 1.807) is 5.38 Å². The molecule has 0 radical (unpaired) electrons. The van der Waals surface area contributed by atoms with E-state index in [-0.39, 0.29) is 11.5 Å². The van der Waals surface area contributed by atoms with Crippen LogP contribution in [0.3, 0.4) is 0 Å². The lowest BCUT2D eigenvalue weighted by atomic mass is 9.64. The minimum atomic E-state index is -0.650. The Hall–Kier alpha value is -2.67. The van der Waals surface area contributed by atoms with Gasteiger partial charge in [0.15, 0.2) is 6.61 Å². The molecule has 0 saturated heterocycles. The zero-order chi connectivity index (χ0) is 17.9. The smallest absolute Gasteiger partial charge is 0.317 e. The van der Waals surface area contributed by atoms with E-state index in [0.717, 1.165) is 12.0 Å². The second kappa shape index (κ2) is 7.06. The SMILES string of the molecule is NC(=O)c1ccsc1NC(=O)COC(=O)C1(c2ccccc2)CCC1. The van der Waals surface area contributed by atoms with E-state index >= 15 is 0 Å². The number of nitrogens with one attached hydrogen (secondary N) is 1. The number of primary amides is 1. The summed E-state index contributed by atoms with van der Waals surface area (Å²) in [4.78, 5) is 35.8. The third-order valence-electron chi connectivity index (χ3n) is 4.44. The highest BCUT2D eigenvalue weighted by atomic mass is 32.1. The van der Waals surface area contributed by atoms with E-state index in [9.17, 15) is 14.4 Å². The van der Waals surface area contributed by atoms with Gasteiger partial charge in [0.05, 0.1) is 11.0 Å². The number of amides is 2. The second-order valence-corrected chi connectivity index (χ2v) is 6.87. The molecule has 1 aliphatic rings. The van der Waals surface area contributed by atoms with Crippen molar-refractivity contribution in [1.82, 2.24) is 0 Å². The molecule has 2 aromatic rings. The summed E-state index contributed by atoms with van der Waals surface area (Å²) in [5, 5.41) is 4.57. The van der Waals surface area contributed by atoms with Crippen molar-refractivity contribution in [3.05, 3.63) is 52.9 Å². The molecule has 0 unspecified atom stereocenters. The standard InChI is InChI=1S/C18H18N2O4S/c19-15(22)13-7-10-25-16(13)20-14(21)11-24-17(23)18(8-4-9-18)12-5-2-1-3-6-12/h1-3,5-7,10H,4,8-9,11H2,(H2,19,22)(H,20,21). The third-order valence-corrected chi connectivity index (χ3v) is 5.27. The molecule has 1 saturated carbocycles. The van der Waals surface area contributed by atoms with Crippen LogP contribution in [0, 0.1) is 0 Å². The molecule has 1 aliphatic carbocycles. The van der Waals surface area contributed by atoms with Crippen molar-refractivity contribution in [1.29, 1.82) is 0 Å². The van der Waals surface area contributed by atoms with Crippen molar-refractivity contribution in [3.8, 4) is 0 Å². The minimum absolute atomic E-state index is 0.240. The molecule has 3 rings (SSSR count). The Morgan fingerprint density at radius 3 is 2.48 bits per heavy atom. The molecular weight excluding hydrogens is 340 g/mol. The lowest BCUT2D eigenvalue weighted by Crippen LogP contribution is -2.44. The number of ether oxygens (including phenoxy) is 1. The van der Waals surface area contributed by atoms with Crippen LogP contribution in [0.5, 0.6) is 0 Å². The zero-order valence-corrected chi connectivity index (χ0v) is 14.3. The maximum Gasteiger partial charge on any atom is 0.317 e. The third kappa shape index (κ3) is 3.41. The number of rotatable bonds is 6. The van der Waals surface area contributed by atoms with Crippen LogP contribution >= 0.6 is 11.3 Å². The number of esters is 1. The lowest BCUT2D eigenvalue weighted by molar-refractivity contribution is -0.156. The van der Waals surface area contributed by atoms with Gasteiger partial charge in [-0.25, -0.2) is 0 Å². The van der Waals surface area contributed by atoms with Crippen LogP contribution in [0.1, 0.15) is 35.2 Å². The van der Waals surface area contributed by atoms with Crippen LogP contribution in [-0.4, -0.2) is 24.4 Å². The number of hydrogen-bond acceptors (Lipinski definition) is 5. The fraction of sp³-hybridized carbons (Fsp3) is 0.278. The Labute approximate surface area is 149 Å². The van der Waals surface area contributed by atoms with Crippen molar-refractivity contribution in [2.45, 2.75) is 24.7 Å². The number of benzene rings is 1. The average Bonchev–Trinajstić information content (AvgIpc) is 3.01. The number of carbonyl (C=O) groups excluding carboxylic acids is 3. The van der Waals surface area contributed by atoms with E-state index in [2.05, 4.69) is 5.32 Å². The predicted molar refractivity (Wildman–Crippen MR) is 94.4 cm³/mol. The Balaban J connectivity index is 1.61. The highest BCUT2D eigenvalue weighted by Gasteiger charge is 2.47. The number of carbonyl (C=O) groups is 3. The van der Waals surface area contributed by atoms with Crippen molar-refractivity contribution in [3.63, 3.8) is 0 Å². The van der Waals surface area contributed by atoms with E-state index in [0.29, 0.717) is 17.8 Å². The molecule has 6 nitrogen and oxygen atoms in total. The van der Waals surface area contributed by atoms with Crippen LogP contribution in [0.4, 0.5) is 5.00 Å². The Kier molecular flexibility index (Phi) is 4.85. The first-order valence-electron chi connectivity index (χ1n) is 7.93. The molecule has 1 heterocycles. The monoisotopic (exact) mass is 358 g/mol. The number of nitrogens with two attached hydrogens (primary N) is 1. The summed E-state index contributed by atoms with van der Waals surface area (Å²) in [6.07, 6.45) is 2.38. The molecule has 0 atom stereocenters. The summed E-state index contributed by atoms with van der Waals surface area (Å²) in [5.41, 5.74) is 5.74. The highest BCUT2D eigenvalue weighted by molar-refractivity contribution is 7.14. The van der Waals surface area contributed by atoms with E-state index < -0.39 is 23.8 Å². The minimum Gasteiger partial charge on any atom is -0.455 e. The van der Waals surface area contributed by atoms with Gasteiger partial charge in [0.1, 0.15) is 5.00 Å². The first-order valence-corrected chi connectivity index (χ1v) is 8.81. The van der Waals surface area contributed by atoms with Gasteiger partial charge >= 0.3 is 5.97 Å². The number of anilines is 1. The van der Waals surface area contributed by atoms with Crippen molar-refractivity contribution in [2.75, 3.05) is 11.9 Å². The molecular formula is C18H18N2O4S. The van der Waals surface area contributed by atoms with Gasteiger partial charge in [-0.1, -0.05) is 36.8 Å². The molecule has 0 spiro atoms. The van der Waals surface area contributed by atoms with Crippen LogP contribution in [-0.2, 0) is 19.7 Å². The first-order chi connectivity index (χ1) is 12.0. The van der Waals surface area contributed by atoms with Crippen LogP contribution in [0.25, 0.3) is 0 Å². The lowest BCUT2D eigenvalue weighted by Gasteiger charge is -2.39.